The quantitative estimate of drug-likeness (QED) is 0.596. The average molecular weight is 322 g/mol. The van der Waals surface area contributed by atoms with Crippen LogP contribution in [0.3, 0.4) is 0 Å². The molecule has 0 bridgehead atoms. The molecule has 0 spiro atoms. The van der Waals surface area contributed by atoms with E-state index in [0.717, 1.165) is 0 Å². The summed E-state index contributed by atoms with van der Waals surface area (Å²) in [5.74, 6) is -0.202. The normalized spacial score (nSPS) is 10.8. The predicted octanol–water partition coefficient (Wildman–Crippen LogP) is 2.84. The number of aromatic hydroxyl groups is 1. The summed E-state index contributed by atoms with van der Waals surface area (Å²) in [6, 6.07) is 11.5. The highest BCUT2D eigenvalue weighted by Gasteiger charge is 2.17. The number of carbonyl (C=O) groups excluding carboxylic acids is 1. The van der Waals surface area contributed by atoms with E-state index < -0.39 is 5.91 Å². The number of carbonyl (C=O) groups is 1. The molecule has 24 heavy (non-hydrogen) atoms. The van der Waals surface area contributed by atoms with E-state index in [2.05, 4.69) is 20.5 Å². The van der Waals surface area contributed by atoms with Crippen LogP contribution in [-0.4, -0.2) is 26.2 Å². The molecule has 0 saturated heterocycles. The Kier molecular flexibility index (Phi) is 3.20. The molecule has 8 nitrogen and oxygen atoms in total. The molecule has 0 unspecified atom stereocenters. The monoisotopic (exact) mass is 322 g/mol. The maximum Gasteiger partial charge on any atom is 0.322 e. The number of nitrogens with zero attached hydrogens (tertiary/aromatic N) is 3. The lowest BCUT2D eigenvalue weighted by Crippen LogP contribution is -2.13. The topological polar surface area (TPSA) is 114 Å². The first-order chi connectivity index (χ1) is 11.7. The number of nitrogens with one attached hydrogen (secondary N) is 1. The summed E-state index contributed by atoms with van der Waals surface area (Å²) < 4.78 is 10.5. The number of anilines is 1. The van der Waals surface area contributed by atoms with Crippen LogP contribution in [0.2, 0.25) is 0 Å². The zero-order valence-corrected chi connectivity index (χ0v) is 12.1. The van der Waals surface area contributed by atoms with Gasteiger partial charge in [-0.1, -0.05) is 23.3 Å². The molecule has 0 radical (unpaired) electrons. The summed E-state index contributed by atoms with van der Waals surface area (Å²) in [7, 11) is 0. The summed E-state index contributed by atoms with van der Waals surface area (Å²) in [6.45, 7) is 0. The highest BCUT2D eigenvalue weighted by Crippen LogP contribution is 2.23. The fourth-order valence-electron chi connectivity index (χ4n) is 2.29. The van der Waals surface area contributed by atoms with E-state index >= 15 is 0 Å². The van der Waals surface area contributed by atoms with E-state index in [1.54, 1.807) is 36.4 Å². The molecule has 0 aliphatic carbocycles. The summed E-state index contributed by atoms with van der Waals surface area (Å²) in [5.41, 5.74) is 0.750. The second-order valence-corrected chi connectivity index (χ2v) is 4.89. The molecule has 0 atom stereocenters. The van der Waals surface area contributed by atoms with E-state index in [4.69, 9.17) is 8.83 Å². The molecule has 1 amide bonds. The predicted molar refractivity (Wildman–Crippen MR) is 83.4 cm³/mol. The molecule has 0 aliphatic rings. The molecular weight excluding hydrogens is 312 g/mol. The maximum absolute atomic E-state index is 12.5. The number of furan rings is 1. The number of hydrogen-bond acceptors (Lipinski definition) is 7. The lowest BCUT2D eigenvalue weighted by atomic mass is 10.1. The van der Waals surface area contributed by atoms with Gasteiger partial charge in [0, 0.05) is 11.5 Å². The lowest BCUT2D eigenvalue weighted by Gasteiger charge is -2.05. The number of fused-ring (bicyclic) bond motifs is 1. The van der Waals surface area contributed by atoms with Gasteiger partial charge in [-0.2, -0.15) is 0 Å². The maximum atomic E-state index is 12.5. The van der Waals surface area contributed by atoms with Crippen LogP contribution in [0.5, 0.6) is 5.88 Å². The number of hydrogen-bond donors (Lipinski definition) is 2. The van der Waals surface area contributed by atoms with E-state index in [0.29, 0.717) is 16.7 Å². The van der Waals surface area contributed by atoms with Crippen molar-refractivity contribution in [3.05, 3.63) is 54.3 Å². The first-order valence-corrected chi connectivity index (χ1v) is 6.98. The molecule has 1 aromatic carbocycles. The number of benzene rings is 1. The molecule has 0 saturated carbocycles. The Morgan fingerprint density at radius 2 is 2.00 bits per heavy atom. The van der Waals surface area contributed by atoms with Crippen LogP contribution in [0, 0.1) is 0 Å². The third-order valence-electron chi connectivity index (χ3n) is 3.32. The molecule has 3 heterocycles. The number of pyridine rings is 1. The lowest BCUT2D eigenvalue weighted by molar-refractivity contribution is 0.102. The zero-order valence-electron chi connectivity index (χ0n) is 12.1. The van der Waals surface area contributed by atoms with Gasteiger partial charge in [0.15, 0.2) is 5.76 Å². The highest BCUT2D eigenvalue weighted by atomic mass is 16.4. The number of rotatable bonds is 3. The molecule has 2 N–H and O–H groups in total. The van der Waals surface area contributed by atoms with Gasteiger partial charge in [0.2, 0.25) is 5.88 Å². The first kappa shape index (κ1) is 13.9. The molecule has 8 heteroatoms. The molecule has 3 aromatic heterocycles. The SMILES string of the molecule is O=C(Nc1nnc(-c2ccco2)o1)c1cc(O)nc2ccccc12. The number of amides is 1. The van der Waals surface area contributed by atoms with Gasteiger partial charge in [-0.05, 0) is 18.2 Å². The Bertz CT molecular complexity index is 1020. The zero-order chi connectivity index (χ0) is 16.5. The molecule has 4 rings (SSSR count). The van der Waals surface area contributed by atoms with Gasteiger partial charge in [0.25, 0.3) is 11.8 Å². The molecule has 0 aliphatic heterocycles. The van der Waals surface area contributed by atoms with Crippen LogP contribution < -0.4 is 5.32 Å². The van der Waals surface area contributed by atoms with Gasteiger partial charge < -0.3 is 13.9 Å². The highest BCUT2D eigenvalue weighted by molar-refractivity contribution is 6.11. The van der Waals surface area contributed by atoms with Crippen LogP contribution >= 0.6 is 0 Å². The molecular formula is C16H10N4O4. The standard InChI is InChI=1S/C16H10N4O4/c21-13-8-10(9-4-1-2-5-11(9)17-13)14(22)18-16-20-19-15(24-16)12-6-3-7-23-12/h1-8H,(H,17,21)(H,18,20,22). The minimum Gasteiger partial charge on any atom is -0.493 e. The van der Waals surface area contributed by atoms with Crippen molar-refractivity contribution in [2.24, 2.45) is 0 Å². The van der Waals surface area contributed by atoms with E-state index in [1.165, 1.54) is 12.3 Å². The van der Waals surface area contributed by atoms with Crippen molar-refractivity contribution < 1.29 is 18.7 Å². The van der Waals surface area contributed by atoms with Crippen molar-refractivity contribution in [1.82, 2.24) is 15.2 Å². The fourth-order valence-corrected chi connectivity index (χ4v) is 2.29. The van der Waals surface area contributed by atoms with Crippen molar-refractivity contribution in [3.8, 4) is 17.5 Å². The van der Waals surface area contributed by atoms with E-state index in [1.807, 2.05) is 0 Å². The van der Waals surface area contributed by atoms with Crippen LogP contribution in [0.25, 0.3) is 22.6 Å². The van der Waals surface area contributed by atoms with Crippen LogP contribution in [0.4, 0.5) is 6.01 Å². The van der Waals surface area contributed by atoms with Gasteiger partial charge in [-0.25, -0.2) is 4.98 Å². The third-order valence-corrected chi connectivity index (χ3v) is 3.32. The van der Waals surface area contributed by atoms with Gasteiger partial charge >= 0.3 is 6.01 Å². The fraction of sp³-hybridized carbons (Fsp3) is 0. The van der Waals surface area contributed by atoms with Crippen molar-refractivity contribution in [1.29, 1.82) is 0 Å². The first-order valence-electron chi connectivity index (χ1n) is 6.98. The average Bonchev–Trinajstić information content (AvgIpc) is 3.25. The Hall–Kier alpha value is -3.68. The van der Waals surface area contributed by atoms with Crippen molar-refractivity contribution in [2.45, 2.75) is 0 Å². The number of aromatic nitrogens is 3. The minimum atomic E-state index is -0.501. The van der Waals surface area contributed by atoms with Gasteiger partial charge in [0.05, 0.1) is 17.3 Å². The summed E-state index contributed by atoms with van der Waals surface area (Å²) >= 11 is 0. The van der Waals surface area contributed by atoms with E-state index in [9.17, 15) is 9.90 Å². The molecule has 4 aromatic rings. The summed E-state index contributed by atoms with van der Waals surface area (Å²) in [6.07, 6.45) is 1.48. The van der Waals surface area contributed by atoms with Crippen molar-refractivity contribution >= 4 is 22.8 Å². The van der Waals surface area contributed by atoms with Crippen molar-refractivity contribution in [3.63, 3.8) is 0 Å². The third kappa shape index (κ3) is 2.45. The summed E-state index contributed by atoms with van der Waals surface area (Å²) in [4.78, 5) is 16.5. The Labute approximate surface area is 134 Å². The van der Waals surface area contributed by atoms with E-state index in [-0.39, 0.29) is 23.3 Å². The van der Waals surface area contributed by atoms with Gasteiger partial charge in [0.1, 0.15) is 0 Å². The molecule has 0 fully saturated rings. The van der Waals surface area contributed by atoms with Crippen LogP contribution in [0.1, 0.15) is 10.4 Å². The Morgan fingerprint density at radius 1 is 1.12 bits per heavy atom. The van der Waals surface area contributed by atoms with Crippen LogP contribution in [-0.2, 0) is 0 Å². The largest absolute Gasteiger partial charge is 0.493 e. The second kappa shape index (κ2) is 5.51. The Balaban J connectivity index is 1.65. The Morgan fingerprint density at radius 3 is 2.83 bits per heavy atom. The number of para-hydroxylation sites is 1. The summed E-state index contributed by atoms with van der Waals surface area (Å²) in [5, 5.41) is 20.3. The van der Waals surface area contributed by atoms with Crippen LogP contribution in [0.15, 0.2) is 57.6 Å². The molecule has 118 valence electrons. The minimum absolute atomic E-state index is 0.0771. The smallest absolute Gasteiger partial charge is 0.322 e. The van der Waals surface area contributed by atoms with Gasteiger partial charge in [-0.15, -0.1) is 5.10 Å². The van der Waals surface area contributed by atoms with Gasteiger partial charge in [-0.3, -0.25) is 10.1 Å². The van der Waals surface area contributed by atoms with Crippen molar-refractivity contribution in [2.75, 3.05) is 5.32 Å². The second-order valence-electron chi connectivity index (χ2n) is 4.89.